The normalized spacial score (nSPS) is 11.0. The van der Waals surface area contributed by atoms with Crippen molar-refractivity contribution in [1.29, 1.82) is 0 Å². The zero-order valence-corrected chi connectivity index (χ0v) is 44.5. The summed E-state index contributed by atoms with van der Waals surface area (Å²) in [6, 6.07) is 41.1. The Labute approximate surface area is 475 Å². The van der Waals surface area contributed by atoms with Crippen LogP contribution in [0.3, 0.4) is 0 Å². The highest BCUT2D eigenvalue weighted by atomic mass is 16.6. The van der Waals surface area contributed by atoms with Crippen molar-refractivity contribution in [3.63, 3.8) is 0 Å². The van der Waals surface area contributed by atoms with E-state index in [1.54, 1.807) is 91.0 Å². The van der Waals surface area contributed by atoms with Crippen LogP contribution in [0.2, 0.25) is 0 Å². The Morgan fingerprint density at radius 1 is 0.345 bits per heavy atom. The molecule has 21 heteroatoms. The van der Waals surface area contributed by atoms with Gasteiger partial charge in [-0.05, 0) is 147 Å². The molecule has 0 aliphatic heterocycles. The molecule has 0 saturated carbocycles. The van der Waals surface area contributed by atoms with Crippen LogP contribution in [0, 0.1) is 0 Å². The number of carbonyl (C=O) groups excluding carboxylic acids is 6. The van der Waals surface area contributed by atoms with Crippen LogP contribution in [0.15, 0.2) is 191 Å². The summed E-state index contributed by atoms with van der Waals surface area (Å²) in [6.45, 7) is -0.577. The summed E-state index contributed by atoms with van der Waals surface area (Å²) in [5.41, 5.74) is -0.124. The monoisotopic (exact) mass is 1140 g/mol. The predicted molar refractivity (Wildman–Crippen MR) is 298 cm³/mol. The van der Waals surface area contributed by atoms with Gasteiger partial charge in [-0.25, -0.2) is 28.8 Å². The van der Waals surface area contributed by atoms with Crippen LogP contribution in [-0.2, 0) is 28.6 Å². The first-order valence-corrected chi connectivity index (χ1v) is 26.2. The van der Waals surface area contributed by atoms with Crippen LogP contribution in [-0.4, -0.2) is 75.0 Å². The molecule has 0 amide bonds. The molecule has 0 aliphatic carbocycles. The van der Waals surface area contributed by atoms with Crippen molar-refractivity contribution in [1.82, 2.24) is 0 Å². The first kappa shape index (κ1) is 57.8. The van der Waals surface area contributed by atoms with E-state index in [0.29, 0.717) is 33.4 Å². The summed E-state index contributed by atoms with van der Waals surface area (Å²) < 4.78 is 65.5. The number of hydrogen-bond donors (Lipinski definition) is 0. The first-order chi connectivity index (χ1) is 40.7. The number of esters is 6. The van der Waals surface area contributed by atoms with Gasteiger partial charge in [0.25, 0.3) is 0 Å². The molecule has 0 unspecified atom stereocenters. The number of rotatable bonds is 26. The molecular weight excluding hydrogens is 1090 g/mol. The molecule has 6 aromatic carbocycles. The number of hydrogen-bond acceptors (Lipinski definition) is 21. The summed E-state index contributed by atoms with van der Waals surface area (Å²) in [5.74, 6) is -2.13. The highest BCUT2D eigenvalue weighted by Gasteiger charge is 2.21. The SMILES string of the molecule is O=C(CCCOc1ccc(C(=O)Oc2ccc3ccc(=O)oc3c2)cc1)OCC(COC(=O)CCCOc1ccc(C(=O)Oc2ccc3ccc(=O)oc3c2)cc1)OC(=O)CCCOc1ccc(C(=O)Oc2ccc3ccc(=O)oc3c2)cc1. The molecule has 0 saturated heterocycles. The molecule has 0 atom stereocenters. The Balaban J connectivity index is 0.705. The second-order valence-corrected chi connectivity index (χ2v) is 18.4. The van der Waals surface area contributed by atoms with E-state index >= 15 is 0 Å². The number of benzene rings is 6. The van der Waals surface area contributed by atoms with E-state index in [9.17, 15) is 43.2 Å². The largest absolute Gasteiger partial charge is 0.494 e. The third kappa shape index (κ3) is 16.9. The summed E-state index contributed by atoms with van der Waals surface area (Å²) >= 11 is 0. The molecule has 0 spiro atoms. The molecule has 428 valence electrons. The Morgan fingerprint density at radius 3 is 0.952 bits per heavy atom. The maximum absolute atomic E-state index is 13.1. The van der Waals surface area contributed by atoms with Gasteiger partial charge in [0.1, 0.15) is 64.5 Å². The third-order valence-corrected chi connectivity index (χ3v) is 12.2. The molecule has 9 aromatic rings. The van der Waals surface area contributed by atoms with E-state index in [-0.39, 0.29) is 109 Å². The smallest absolute Gasteiger partial charge is 0.343 e. The van der Waals surface area contributed by atoms with Crippen LogP contribution in [0.4, 0.5) is 0 Å². The molecule has 84 heavy (non-hydrogen) atoms. The van der Waals surface area contributed by atoms with Gasteiger partial charge in [-0.15, -0.1) is 0 Å². The number of carbonyl (C=O) groups is 6. The fourth-order valence-electron chi connectivity index (χ4n) is 7.97. The van der Waals surface area contributed by atoms with Crippen molar-refractivity contribution in [3.05, 3.63) is 212 Å². The highest BCUT2D eigenvalue weighted by molar-refractivity contribution is 5.93. The fraction of sp³-hybridized carbons (Fsp3) is 0.190. The lowest BCUT2D eigenvalue weighted by Gasteiger charge is -2.18. The van der Waals surface area contributed by atoms with Gasteiger partial charge in [0.2, 0.25) is 0 Å². The summed E-state index contributed by atoms with van der Waals surface area (Å²) in [5, 5.41) is 1.99. The van der Waals surface area contributed by atoms with E-state index in [4.69, 9.17) is 55.9 Å². The van der Waals surface area contributed by atoms with Crippen molar-refractivity contribution in [3.8, 4) is 34.5 Å². The van der Waals surface area contributed by atoms with Crippen LogP contribution in [0.1, 0.15) is 69.6 Å². The van der Waals surface area contributed by atoms with Gasteiger partial charge in [-0.3, -0.25) is 14.4 Å². The summed E-state index contributed by atoms with van der Waals surface area (Å²) in [7, 11) is 0. The zero-order chi connectivity index (χ0) is 58.8. The van der Waals surface area contributed by atoms with Gasteiger partial charge in [0.15, 0.2) is 6.10 Å². The van der Waals surface area contributed by atoms with Gasteiger partial charge in [0, 0.05) is 71.8 Å². The lowest BCUT2D eigenvalue weighted by molar-refractivity contribution is -0.167. The summed E-state index contributed by atoms with van der Waals surface area (Å²) in [6.07, 6.45) is -0.791. The van der Waals surface area contributed by atoms with Crippen LogP contribution in [0.25, 0.3) is 32.9 Å². The Bertz CT molecular complexity index is 3840. The van der Waals surface area contributed by atoms with Gasteiger partial charge >= 0.3 is 52.7 Å². The van der Waals surface area contributed by atoms with E-state index in [1.807, 2.05) is 0 Å². The molecule has 3 aromatic heterocycles. The Kier molecular flexibility index (Phi) is 19.3. The molecule has 0 radical (unpaired) electrons. The average Bonchev–Trinajstić information content (AvgIpc) is 3.50. The van der Waals surface area contributed by atoms with E-state index in [2.05, 4.69) is 0 Å². The predicted octanol–water partition coefficient (Wildman–Crippen LogP) is 9.54. The molecular formula is C63H50O21. The van der Waals surface area contributed by atoms with Gasteiger partial charge in [-0.2, -0.15) is 0 Å². The summed E-state index contributed by atoms with van der Waals surface area (Å²) in [4.78, 5) is 112. The van der Waals surface area contributed by atoms with Crippen molar-refractivity contribution in [2.45, 2.75) is 44.6 Å². The third-order valence-electron chi connectivity index (χ3n) is 12.2. The van der Waals surface area contributed by atoms with Gasteiger partial charge in [0.05, 0.1) is 36.5 Å². The maximum Gasteiger partial charge on any atom is 0.343 e. The number of ether oxygens (including phenoxy) is 9. The molecule has 0 N–H and O–H groups in total. The molecule has 0 aliphatic rings. The first-order valence-electron chi connectivity index (χ1n) is 26.2. The molecule has 9 rings (SSSR count). The molecule has 21 nitrogen and oxygen atoms in total. The average molecular weight is 1140 g/mol. The molecule has 0 fully saturated rings. The molecule has 0 bridgehead atoms. The van der Waals surface area contributed by atoms with Crippen LogP contribution >= 0.6 is 0 Å². The van der Waals surface area contributed by atoms with E-state index < -0.39 is 72.0 Å². The molecule has 3 heterocycles. The standard InChI is InChI=1S/C63H50O21/c64-55(4-1-31-73-45-19-10-42(11-20-45)61(70)79-48-25-7-39-16-28-58(67)82-52(39)34-48)76-37-51(78-57(66)6-3-33-75-47-23-14-44(15-24-47)63(72)81-50-27-9-41-18-30-60(69)84-54(41)36-50)38-77-56(65)5-2-32-74-46-21-12-43(13-22-46)62(71)80-49-26-8-40-17-29-59(68)83-53(40)35-49/h7-30,34-36,51H,1-6,31-33,37-38H2. The minimum atomic E-state index is -1.17. The quantitative estimate of drug-likeness (QED) is 0.0160. The van der Waals surface area contributed by atoms with Crippen molar-refractivity contribution < 1.29 is 84.7 Å². The number of fused-ring (bicyclic) bond motifs is 3. The minimum absolute atomic E-state index is 0.0806. The van der Waals surface area contributed by atoms with Crippen molar-refractivity contribution >= 4 is 68.7 Å². The minimum Gasteiger partial charge on any atom is -0.494 e. The van der Waals surface area contributed by atoms with E-state index in [1.165, 1.54) is 72.8 Å². The second kappa shape index (κ2) is 28.0. The highest BCUT2D eigenvalue weighted by Crippen LogP contribution is 2.25. The Hall–Kier alpha value is -10.8. The second-order valence-electron chi connectivity index (χ2n) is 18.4. The van der Waals surface area contributed by atoms with Gasteiger partial charge in [-0.1, -0.05) is 0 Å². The van der Waals surface area contributed by atoms with Gasteiger partial charge < -0.3 is 55.9 Å². The topological polar surface area (TPSA) is 276 Å². The van der Waals surface area contributed by atoms with Crippen LogP contribution < -0.4 is 45.3 Å². The maximum atomic E-state index is 13.1. The van der Waals surface area contributed by atoms with Crippen molar-refractivity contribution in [2.75, 3.05) is 33.0 Å². The lowest BCUT2D eigenvalue weighted by Crippen LogP contribution is -2.31. The lowest BCUT2D eigenvalue weighted by atomic mass is 10.2. The fourth-order valence-corrected chi connectivity index (χ4v) is 7.97. The van der Waals surface area contributed by atoms with E-state index in [0.717, 1.165) is 0 Å². The Morgan fingerprint density at radius 2 is 0.631 bits per heavy atom. The van der Waals surface area contributed by atoms with Crippen molar-refractivity contribution in [2.24, 2.45) is 0 Å². The van der Waals surface area contributed by atoms with Crippen LogP contribution in [0.5, 0.6) is 34.5 Å². The zero-order valence-electron chi connectivity index (χ0n) is 44.5.